The minimum absolute atomic E-state index is 0.139. The van der Waals surface area contributed by atoms with Crippen LogP contribution in [0.25, 0.3) is 10.9 Å². The summed E-state index contributed by atoms with van der Waals surface area (Å²) in [5.74, 6) is -0.264. The number of carbonyl (C=O) groups is 1. The maximum absolute atomic E-state index is 12.8. The van der Waals surface area contributed by atoms with Gasteiger partial charge in [-0.2, -0.15) is 0 Å². The molecule has 0 aliphatic carbocycles. The molecular weight excluding hydrogens is 358 g/mol. The second kappa shape index (κ2) is 7.78. The summed E-state index contributed by atoms with van der Waals surface area (Å²) in [5, 5.41) is 14.5. The quantitative estimate of drug-likeness (QED) is 0.534. The van der Waals surface area contributed by atoms with Gasteiger partial charge in [-0.3, -0.25) is 14.2 Å². The smallest absolute Gasteiger partial charge is 0.261 e. The van der Waals surface area contributed by atoms with Gasteiger partial charge >= 0.3 is 0 Å². The molecule has 140 valence electrons. The summed E-state index contributed by atoms with van der Waals surface area (Å²) in [6.07, 6.45) is 2.89. The molecule has 0 spiro atoms. The number of carbonyl (C=O) groups excluding carboxylic acids is 1. The fourth-order valence-electron chi connectivity index (χ4n) is 3.01. The zero-order chi connectivity index (χ0) is 19.3. The Hall–Kier alpha value is -3.88. The van der Waals surface area contributed by atoms with Gasteiger partial charge in [-0.15, -0.1) is 5.10 Å². The molecule has 28 heavy (non-hydrogen) atoms. The van der Waals surface area contributed by atoms with Crippen molar-refractivity contribution in [2.75, 3.05) is 6.54 Å². The molecular formula is C19H17N7O2. The predicted molar refractivity (Wildman–Crippen MR) is 101 cm³/mol. The molecule has 4 aromatic rings. The average molecular weight is 375 g/mol. The average Bonchev–Trinajstić information content (AvgIpc) is 3.25. The first kappa shape index (κ1) is 17.5. The highest BCUT2D eigenvalue weighted by Crippen LogP contribution is 2.16. The van der Waals surface area contributed by atoms with Crippen LogP contribution >= 0.6 is 0 Å². The molecule has 0 radical (unpaired) electrons. The molecule has 0 aliphatic rings. The van der Waals surface area contributed by atoms with Gasteiger partial charge in [0, 0.05) is 13.1 Å². The molecule has 0 fully saturated rings. The molecule has 0 saturated carbocycles. The zero-order valence-corrected chi connectivity index (χ0v) is 14.8. The van der Waals surface area contributed by atoms with Crippen molar-refractivity contribution >= 4 is 16.8 Å². The molecule has 2 aromatic carbocycles. The first-order valence-electron chi connectivity index (χ1n) is 8.73. The highest BCUT2D eigenvalue weighted by atomic mass is 16.2. The van der Waals surface area contributed by atoms with Gasteiger partial charge in [-0.05, 0) is 28.1 Å². The van der Waals surface area contributed by atoms with Gasteiger partial charge in [0.1, 0.15) is 6.33 Å². The van der Waals surface area contributed by atoms with Crippen molar-refractivity contribution in [1.29, 1.82) is 0 Å². The van der Waals surface area contributed by atoms with E-state index in [0.29, 0.717) is 17.4 Å². The Bertz CT molecular complexity index is 1140. The van der Waals surface area contributed by atoms with Gasteiger partial charge in [-0.25, -0.2) is 9.67 Å². The molecule has 0 aliphatic heterocycles. The Morgan fingerprint density at radius 1 is 1.04 bits per heavy atom. The van der Waals surface area contributed by atoms with Crippen LogP contribution < -0.4 is 10.9 Å². The van der Waals surface area contributed by atoms with Gasteiger partial charge in [0.2, 0.25) is 5.91 Å². The lowest BCUT2D eigenvalue weighted by molar-refractivity contribution is -0.123. The lowest BCUT2D eigenvalue weighted by Gasteiger charge is -2.17. The van der Waals surface area contributed by atoms with Crippen LogP contribution in [0.15, 0.2) is 72.0 Å². The molecule has 1 unspecified atom stereocenters. The number of tetrazole rings is 1. The molecule has 1 amide bonds. The number of nitrogens with zero attached hydrogens (tertiary/aromatic N) is 6. The van der Waals surface area contributed by atoms with Gasteiger partial charge in [0.05, 0.1) is 17.2 Å². The highest BCUT2D eigenvalue weighted by Gasteiger charge is 2.23. The number of para-hydroxylation sites is 1. The van der Waals surface area contributed by atoms with E-state index >= 15 is 0 Å². The number of benzene rings is 2. The molecule has 4 rings (SSSR count). The maximum atomic E-state index is 12.8. The van der Waals surface area contributed by atoms with Crippen LogP contribution in [0.3, 0.4) is 0 Å². The number of fused-ring (bicyclic) bond motifs is 1. The Morgan fingerprint density at radius 2 is 1.82 bits per heavy atom. The van der Waals surface area contributed by atoms with Gasteiger partial charge in [0.15, 0.2) is 6.04 Å². The Morgan fingerprint density at radius 3 is 2.61 bits per heavy atom. The van der Waals surface area contributed by atoms with E-state index in [0.717, 1.165) is 5.56 Å². The summed E-state index contributed by atoms with van der Waals surface area (Å²) >= 11 is 0. The van der Waals surface area contributed by atoms with Crippen LogP contribution in [-0.2, 0) is 11.3 Å². The van der Waals surface area contributed by atoms with Crippen molar-refractivity contribution in [2.45, 2.75) is 12.6 Å². The standard InChI is InChI=1S/C19H17N7O2/c27-18(17(26-13-22-23-24-26)14-6-2-1-3-7-14)20-10-11-25-12-21-16-9-5-4-8-15(16)19(25)28/h1-9,12-13,17H,10-11H2,(H,20,27). The summed E-state index contributed by atoms with van der Waals surface area (Å²) in [7, 11) is 0. The third-order valence-electron chi connectivity index (χ3n) is 4.38. The number of rotatable bonds is 6. The van der Waals surface area contributed by atoms with E-state index in [1.54, 1.807) is 18.2 Å². The van der Waals surface area contributed by atoms with Gasteiger partial charge in [0.25, 0.3) is 5.56 Å². The number of hydrogen-bond donors (Lipinski definition) is 1. The molecule has 1 N–H and O–H groups in total. The van der Waals surface area contributed by atoms with Gasteiger partial charge in [-0.1, -0.05) is 42.5 Å². The Balaban J connectivity index is 1.49. The summed E-state index contributed by atoms with van der Waals surface area (Å²) in [4.78, 5) is 29.6. The van der Waals surface area contributed by atoms with Crippen LogP contribution in [0.2, 0.25) is 0 Å². The van der Waals surface area contributed by atoms with E-state index in [4.69, 9.17) is 0 Å². The summed E-state index contributed by atoms with van der Waals surface area (Å²) in [5.41, 5.74) is 1.27. The highest BCUT2D eigenvalue weighted by molar-refractivity contribution is 5.83. The van der Waals surface area contributed by atoms with Crippen molar-refractivity contribution in [1.82, 2.24) is 35.1 Å². The number of aromatic nitrogens is 6. The van der Waals surface area contributed by atoms with Crippen LogP contribution in [-0.4, -0.2) is 42.2 Å². The Kier molecular flexibility index (Phi) is 4.87. The second-order valence-corrected chi connectivity index (χ2v) is 6.15. The predicted octanol–water partition coefficient (Wildman–Crippen LogP) is 0.789. The normalized spacial score (nSPS) is 12.0. The topological polar surface area (TPSA) is 108 Å². The Labute approximate surface area is 159 Å². The van der Waals surface area contributed by atoms with Crippen LogP contribution in [0.1, 0.15) is 11.6 Å². The van der Waals surface area contributed by atoms with Gasteiger partial charge < -0.3 is 5.32 Å². The molecule has 2 heterocycles. The third kappa shape index (κ3) is 3.50. The van der Waals surface area contributed by atoms with Crippen molar-refractivity contribution in [3.8, 4) is 0 Å². The van der Waals surface area contributed by atoms with E-state index in [9.17, 15) is 9.59 Å². The molecule has 1 atom stereocenters. The monoisotopic (exact) mass is 375 g/mol. The SMILES string of the molecule is O=C(NCCn1cnc2ccccc2c1=O)C(c1ccccc1)n1cnnn1. The molecule has 2 aromatic heterocycles. The first-order chi connectivity index (χ1) is 13.7. The zero-order valence-electron chi connectivity index (χ0n) is 14.8. The van der Waals surface area contributed by atoms with Crippen molar-refractivity contribution in [3.63, 3.8) is 0 Å². The maximum Gasteiger partial charge on any atom is 0.261 e. The van der Waals surface area contributed by atoms with E-state index in [-0.39, 0.29) is 18.0 Å². The largest absolute Gasteiger partial charge is 0.352 e. The first-order valence-corrected chi connectivity index (χ1v) is 8.73. The van der Waals surface area contributed by atoms with Crippen LogP contribution in [0.5, 0.6) is 0 Å². The van der Waals surface area contributed by atoms with Crippen LogP contribution in [0, 0.1) is 0 Å². The van der Waals surface area contributed by atoms with E-state index in [2.05, 4.69) is 25.8 Å². The lowest BCUT2D eigenvalue weighted by atomic mass is 10.1. The molecule has 0 bridgehead atoms. The van der Waals surface area contributed by atoms with E-state index in [1.807, 2.05) is 36.4 Å². The van der Waals surface area contributed by atoms with Crippen LogP contribution in [0.4, 0.5) is 0 Å². The molecule has 9 heteroatoms. The summed E-state index contributed by atoms with van der Waals surface area (Å²) in [6.45, 7) is 0.573. The molecule has 9 nitrogen and oxygen atoms in total. The minimum Gasteiger partial charge on any atom is -0.352 e. The van der Waals surface area contributed by atoms with Crippen molar-refractivity contribution < 1.29 is 4.79 Å². The summed E-state index contributed by atoms with van der Waals surface area (Å²) < 4.78 is 2.88. The second-order valence-electron chi connectivity index (χ2n) is 6.15. The van der Waals surface area contributed by atoms with Crippen molar-refractivity contribution in [2.24, 2.45) is 0 Å². The van der Waals surface area contributed by atoms with E-state index in [1.165, 1.54) is 21.9 Å². The lowest BCUT2D eigenvalue weighted by Crippen LogP contribution is -2.36. The number of nitrogens with one attached hydrogen (secondary N) is 1. The van der Waals surface area contributed by atoms with E-state index < -0.39 is 6.04 Å². The summed E-state index contributed by atoms with van der Waals surface area (Å²) in [6, 6.07) is 15.7. The number of amides is 1. The number of hydrogen-bond acceptors (Lipinski definition) is 6. The third-order valence-corrected chi connectivity index (χ3v) is 4.38. The fourth-order valence-corrected chi connectivity index (χ4v) is 3.01. The fraction of sp³-hybridized carbons (Fsp3) is 0.158. The van der Waals surface area contributed by atoms with Crippen molar-refractivity contribution in [3.05, 3.63) is 83.2 Å². The molecule has 0 saturated heterocycles. The minimum atomic E-state index is -0.692.